The third-order valence-electron chi connectivity index (χ3n) is 5.97. The molecule has 5 aliphatic heterocycles. The Balaban J connectivity index is 1.57. The number of benzene rings is 1. The predicted molar refractivity (Wildman–Crippen MR) is 96.7 cm³/mol. The zero-order chi connectivity index (χ0) is 16.5. The summed E-state index contributed by atoms with van der Waals surface area (Å²) in [6.45, 7) is 4.47. The summed E-state index contributed by atoms with van der Waals surface area (Å²) < 4.78 is 17.6. The van der Waals surface area contributed by atoms with Gasteiger partial charge in [-0.1, -0.05) is 6.07 Å². The van der Waals surface area contributed by atoms with Crippen LogP contribution in [0.25, 0.3) is 0 Å². The highest BCUT2D eigenvalue weighted by atomic mass is 32.2. The van der Waals surface area contributed by atoms with Gasteiger partial charge in [-0.2, -0.15) is 0 Å². The monoisotopic (exact) mass is 346 g/mol. The number of hydrogen-bond acceptors (Lipinski definition) is 3. The number of hydrogen-bond donors (Lipinski definition) is 1. The fourth-order valence-corrected chi connectivity index (χ4v) is 6.25. The van der Waals surface area contributed by atoms with Gasteiger partial charge < -0.3 is 9.80 Å². The quantitative estimate of drug-likeness (QED) is 0.773. The number of fused-ring (bicyclic) bond motifs is 3. The summed E-state index contributed by atoms with van der Waals surface area (Å²) in [5, 5.41) is 0. The largest absolute Gasteiger partial charge is 0.332 e. The van der Waals surface area contributed by atoms with Gasteiger partial charge in [0.2, 0.25) is 0 Å². The van der Waals surface area contributed by atoms with Crippen molar-refractivity contribution in [3.05, 3.63) is 23.8 Å². The topological polar surface area (TPSA) is 55.9 Å². The first-order valence-electron chi connectivity index (χ1n) is 8.63. The van der Waals surface area contributed by atoms with Crippen molar-refractivity contribution < 1.29 is 9.00 Å². The lowest BCUT2D eigenvalue weighted by atomic mass is 9.83. The molecule has 6 rings (SSSR count). The van der Waals surface area contributed by atoms with E-state index in [-0.39, 0.29) is 11.9 Å². The molecule has 0 radical (unpaired) electrons. The van der Waals surface area contributed by atoms with Crippen molar-refractivity contribution in [3.8, 4) is 0 Å². The molecule has 24 heavy (non-hydrogen) atoms. The van der Waals surface area contributed by atoms with Gasteiger partial charge in [-0.15, -0.1) is 0 Å². The van der Waals surface area contributed by atoms with Crippen LogP contribution in [0.15, 0.2) is 18.2 Å². The molecule has 0 aliphatic carbocycles. The Bertz CT molecular complexity index is 814. The van der Waals surface area contributed by atoms with Gasteiger partial charge >= 0.3 is 0 Å². The van der Waals surface area contributed by atoms with Gasteiger partial charge in [0.1, 0.15) is 9.89 Å². The summed E-state index contributed by atoms with van der Waals surface area (Å²) in [6, 6.07) is 5.87. The van der Waals surface area contributed by atoms with E-state index in [4.69, 9.17) is 0 Å². The van der Waals surface area contributed by atoms with Crippen LogP contribution < -0.4 is 9.03 Å². The molecule has 0 aromatic heterocycles. The van der Waals surface area contributed by atoms with E-state index in [1.807, 2.05) is 23.1 Å². The molecule has 0 spiro atoms. The van der Waals surface area contributed by atoms with E-state index in [2.05, 4.69) is 15.5 Å². The van der Waals surface area contributed by atoms with Crippen molar-refractivity contribution in [2.45, 2.75) is 18.9 Å². The zero-order valence-electron chi connectivity index (χ0n) is 13.6. The van der Waals surface area contributed by atoms with Gasteiger partial charge in [0.15, 0.2) is 0 Å². The first-order chi connectivity index (χ1) is 11.5. The van der Waals surface area contributed by atoms with Crippen LogP contribution in [0.3, 0.4) is 0 Å². The van der Waals surface area contributed by atoms with Crippen LogP contribution in [0.4, 0.5) is 11.4 Å². The first kappa shape index (κ1) is 14.6. The van der Waals surface area contributed by atoms with E-state index in [0.717, 1.165) is 31.0 Å². The van der Waals surface area contributed by atoms with Crippen molar-refractivity contribution in [2.24, 2.45) is 5.92 Å². The van der Waals surface area contributed by atoms with Gasteiger partial charge in [0.25, 0.3) is 5.91 Å². The van der Waals surface area contributed by atoms with Crippen LogP contribution in [0, 0.1) is 5.92 Å². The summed E-state index contributed by atoms with van der Waals surface area (Å²) in [5.41, 5.74) is 2.19. The maximum absolute atomic E-state index is 13.3. The molecular formula is C17H22N4O2S. The standard InChI is InChI=1S/C17H22N4O2S/c1-24(23)18-14-4-2-3-13-16(14)21(24)10-9-20(17(13)22)15-11-19-7-5-12(15)6-8-19/h2-4,12,15H,1,5-11H2,(H,18,23). The van der Waals surface area contributed by atoms with E-state index in [1.165, 1.54) is 12.8 Å². The molecule has 2 atom stereocenters. The van der Waals surface area contributed by atoms with Crippen molar-refractivity contribution in [2.75, 3.05) is 41.8 Å². The van der Waals surface area contributed by atoms with E-state index < -0.39 is 9.89 Å². The summed E-state index contributed by atoms with van der Waals surface area (Å²) in [6.07, 6.45) is 2.36. The molecule has 6 nitrogen and oxygen atoms in total. The smallest absolute Gasteiger partial charge is 0.256 e. The second-order valence-corrected chi connectivity index (χ2v) is 9.18. The Morgan fingerprint density at radius 2 is 1.96 bits per heavy atom. The minimum absolute atomic E-state index is 0.0759. The maximum atomic E-state index is 13.3. The number of nitrogens with one attached hydrogen (secondary N) is 1. The lowest BCUT2D eigenvalue weighted by Gasteiger charge is -2.48. The SMILES string of the molecule is C=S1(=O)Nc2cccc3c2N1CCN(C1CN2CCC1CC2)C3=O. The van der Waals surface area contributed by atoms with Crippen LogP contribution in [-0.4, -0.2) is 64.6 Å². The second-order valence-electron chi connectivity index (χ2n) is 7.25. The van der Waals surface area contributed by atoms with E-state index >= 15 is 0 Å². The third-order valence-corrected chi connectivity index (χ3v) is 7.58. The van der Waals surface area contributed by atoms with Crippen molar-refractivity contribution >= 4 is 33.0 Å². The number of carbonyl (C=O) groups excluding carboxylic acids is 1. The minimum Gasteiger partial charge on any atom is -0.332 e. The molecule has 2 unspecified atom stereocenters. The van der Waals surface area contributed by atoms with E-state index in [0.29, 0.717) is 24.6 Å². The Morgan fingerprint density at radius 1 is 1.17 bits per heavy atom. The van der Waals surface area contributed by atoms with Gasteiger partial charge in [0, 0.05) is 19.1 Å². The number of piperidine rings is 3. The van der Waals surface area contributed by atoms with Gasteiger partial charge in [-0.3, -0.25) is 13.8 Å². The Hall–Kier alpha value is -1.73. The van der Waals surface area contributed by atoms with Crippen LogP contribution in [0.2, 0.25) is 0 Å². The molecule has 3 saturated heterocycles. The Labute approximate surface area is 142 Å². The summed E-state index contributed by atoms with van der Waals surface area (Å²) in [7, 11) is -2.58. The fourth-order valence-electron chi connectivity index (χ4n) is 4.76. The number of carbonyl (C=O) groups is 1. The molecule has 5 aliphatic rings. The maximum Gasteiger partial charge on any atom is 0.256 e. The average molecular weight is 346 g/mol. The second kappa shape index (κ2) is 4.89. The highest BCUT2D eigenvalue weighted by Crippen LogP contribution is 2.41. The van der Waals surface area contributed by atoms with Crippen molar-refractivity contribution in [1.82, 2.24) is 9.80 Å². The summed E-state index contributed by atoms with van der Waals surface area (Å²) in [4.78, 5) is 17.8. The molecule has 1 aromatic carbocycles. The number of amides is 1. The number of para-hydroxylation sites is 1. The zero-order valence-corrected chi connectivity index (χ0v) is 14.4. The van der Waals surface area contributed by atoms with Crippen LogP contribution in [0.5, 0.6) is 0 Å². The molecule has 3 fully saturated rings. The first-order valence-corrected chi connectivity index (χ1v) is 10.3. The Morgan fingerprint density at radius 3 is 2.67 bits per heavy atom. The summed E-state index contributed by atoms with van der Waals surface area (Å²) >= 11 is 0. The molecule has 1 amide bonds. The normalized spacial score (nSPS) is 37.2. The molecule has 1 aromatic rings. The van der Waals surface area contributed by atoms with Gasteiger partial charge in [-0.05, 0) is 49.9 Å². The summed E-state index contributed by atoms with van der Waals surface area (Å²) in [5.74, 6) is 4.53. The van der Waals surface area contributed by atoms with E-state index in [1.54, 1.807) is 4.31 Å². The van der Waals surface area contributed by atoms with Crippen LogP contribution >= 0.6 is 0 Å². The van der Waals surface area contributed by atoms with Crippen molar-refractivity contribution in [1.29, 1.82) is 0 Å². The third kappa shape index (κ3) is 1.94. The van der Waals surface area contributed by atoms with E-state index in [9.17, 15) is 9.00 Å². The number of rotatable bonds is 1. The Kier molecular flexibility index (Phi) is 2.98. The van der Waals surface area contributed by atoms with Crippen LogP contribution in [0.1, 0.15) is 23.2 Å². The van der Waals surface area contributed by atoms with Crippen LogP contribution in [-0.2, 0) is 9.89 Å². The highest BCUT2D eigenvalue weighted by molar-refractivity contribution is 8.03. The molecular weight excluding hydrogens is 324 g/mol. The van der Waals surface area contributed by atoms with Gasteiger partial charge in [0.05, 0.1) is 23.5 Å². The average Bonchev–Trinajstić information content (AvgIpc) is 2.74. The van der Waals surface area contributed by atoms with Gasteiger partial charge in [-0.25, -0.2) is 4.21 Å². The highest BCUT2D eigenvalue weighted by Gasteiger charge is 2.43. The molecule has 1 N–H and O–H groups in total. The number of anilines is 2. The predicted octanol–water partition coefficient (Wildman–Crippen LogP) is 1.01. The molecule has 0 saturated carbocycles. The molecule has 128 valence electrons. The minimum atomic E-state index is -2.58. The molecule has 5 heterocycles. The van der Waals surface area contributed by atoms with Crippen molar-refractivity contribution in [3.63, 3.8) is 0 Å². The molecule has 2 bridgehead atoms. The molecule has 7 heteroatoms. The lowest BCUT2D eigenvalue weighted by molar-refractivity contribution is 0.00914. The fraction of sp³-hybridized carbons (Fsp3) is 0.529. The lowest BCUT2D eigenvalue weighted by Crippen LogP contribution is -2.59. The number of nitrogens with zero attached hydrogens (tertiary/aromatic N) is 3.